The van der Waals surface area contributed by atoms with Gasteiger partial charge in [0.15, 0.2) is 0 Å². The maximum atomic E-state index is 10.6. The first-order valence-electron chi connectivity index (χ1n) is 6.95. The number of ether oxygens (including phenoxy) is 2. The molecule has 1 atom stereocenters. The third-order valence-electron chi connectivity index (χ3n) is 3.27. The first-order chi connectivity index (χ1) is 10.1. The van der Waals surface area contributed by atoms with E-state index >= 15 is 0 Å². The first-order valence-corrected chi connectivity index (χ1v) is 6.95. The van der Waals surface area contributed by atoms with Gasteiger partial charge in [-0.25, -0.2) is 0 Å². The molecule has 2 aromatic rings. The Morgan fingerprint density at radius 2 is 1.95 bits per heavy atom. The molecule has 4 heteroatoms. The van der Waals surface area contributed by atoms with Crippen LogP contribution in [0.25, 0.3) is 0 Å². The van der Waals surface area contributed by atoms with Crippen LogP contribution in [0.1, 0.15) is 28.5 Å². The molecule has 0 saturated carbocycles. The van der Waals surface area contributed by atoms with Gasteiger partial charge in [-0.15, -0.1) is 0 Å². The molecule has 0 aliphatic rings. The summed E-state index contributed by atoms with van der Waals surface area (Å²) in [7, 11) is 1.63. The van der Waals surface area contributed by atoms with Gasteiger partial charge in [-0.2, -0.15) is 0 Å². The largest absolute Gasteiger partial charge is 0.491 e. The summed E-state index contributed by atoms with van der Waals surface area (Å²) >= 11 is 0. The molecule has 4 nitrogen and oxygen atoms in total. The molecule has 1 N–H and O–H groups in total. The highest BCUT2D eigenvalue weighted by atomic mass is 16.5. The molecule has 2 rings (SSSR count). The maximum absolute atomic E-state index is 10.6. The molecule has 0 bridgehead atoms. The summed E-state index contributed by atoms with van der Waals surface area (Å²) in [5.74, 6) is 0.656. The number of hydrogen-bond acceptors (Lipinski definition) is 4. The second kappa shape index (κ2) is 7.20. The van der Waals surface area contributed by atoms with Crippen LogP contribution >= 0.6 is 0 Å². The van der Waals surface area contributed by atoms with Crippen molar-refractivity contribution in [3.8, 4) is 5.75 Å². The maximum Gasteiger partial charge on any atom is 0.125 e. The number of aryl methyl sites for hydroxylation is 2. The highest BCUT2D eigenvalue weighted by Crippen LogP contribution is 2.30. The molecular weight excluding hydrogens is 266 g/mol. The van der Waals surface area contributed by atoms with Gasteiger partial charge in [0.05, 0.1) is 12.3 Å². The van der Waals surface area contributed by atoms with Crippen molar-refractivity contribution in [1.82, 2.24) is 4.98 Å². The van der Waals surface area contributed by atoms with Crippen LogP contribution in [-0.4, -0.2) is 30.4 Å². The van der Waals surface area contributed by atoms with Crippen LogP contribution in [0, 0.1) is 13.8 Å². The molecule has 1 aromatic heterocycles. The van der Waals surface area contributed by atoms with Crippen LogP contribution in [0.3, 0.4) is 0 Å². The van der Waals surface area contributed by atoms with Crippen LogP contribution in [0.4, 0.5) is 0 Å². The Morgan fingerprint density at radius 3 is 2.67 bits per heavy atom. The van der Waals surface area contributed by atoms with Crippen molar-refractivity contribution in [1.29, 1.82) is 0 Å². The molecule has 0 spiro atoms. The van der Waals surface area contributed by atoms with E-state index in [4.69, 9.17) is 9.47 Å². The Morgan fingerprint density at radius 1 is 1.19 bits per heavy atom. The number of rotatable bonds is 6. The van der Waals surface area contributed by atoms with Gasteiger partial charge in [-0.1, -0.05) is 24.3 Å². The van der Waals surface area contributed by atoms with Gasteiger partial charge in [0.2, 0.25) is 0 Å². The van der Waals surface area contributed by atoms with Crippen molar-refractivity contribution >= 4 is 0 Å². The zero-order valence-corrected chi connectivity index (χ0v) is 12.7. The van der Waals surface area contributed by atoms with Crippen LogP contribution in [0.5, 0.6) is 5.75 Å². The number of hydrogen-bond donors (Lipinski definition) is 1. The van der Waals surface area contributed by atoms with Gasteiger partial charge in [0.1, 0.15) is 18.5 Å². The Kier molecular flexibility index (Phi) is 5.31. The highest BCUT2D eigenvalue weighted by molar-refractivity contribution is 5.40. The lowest BCUT2D eigenvalue weighted by atomic mass is 10.0. The normalized spacial score (nSPS) is 12.2. The summed E-state index contributed by atoms with van der Waals surface area (Å²) in [4.78, 5) is 4.36. The summed E-state index contributed by atoms with van der Waals surface area (Å²) < 4.78 is 10.7. The Labute approximate surface area is 125 Å². The molecule has 112 valence electrons. The van der Waals surface area contributed by atoms with E-state index in [0.717, 1.165) is 11.1 Å². The van der Waals surface area contributed by atoms with E-state index in [0.29, 0.717) is 30.2 Å². The average molecular weight is 287 g/mol. The molecule has 1 aromatic carbocycles. The number of aliphatic hydroxyl groups excluding tert-OH is 1. The lowest BCUT2D eigenvalue weighted by Gasteiger charge is -2.17. The third kappa shape index (κ3) is 3.80. The second-order valence-electron chi connectivity index (χ2n) is 5.00. The minimum atomic E-state index is -0.802. The van der Waals surface area contributed by atoms with E-state index in [1.54, 1.807) is 13.3 Å². The molecule has 0 radical (unpaired) electrons. The first kappa shape index (κ1) is 15.5. The van der Waals surface area contributed by atoms with Crippen molar-refractivity contribution in [2.75, 3.05) is 20.3 Å². The minimum Gasteiger partial charge on any atom is -0.491 e. The van der Waals surface area contributed by atoms with Gasteiger partial charge >= 0.3 is 0 Å². The summed E-state index contributed by atoms with van der Waals surface area (Å²) in [6, 6.07) is 9.48. The van der Waals surface area contributed by atoms with Crippen LogP contribution < -0.4 is 4.74 Å². The predicted octanol–water partition coefficient (Wildman–Crippen LogP) is 2.81. The monoisotopic (exact) mass is 287 g/mol. The zero-order chi connectivity index (χ0) is 15.2. The van der Waals surface area contributed by atoms with E-state index in [9.17, 15) is 5.11 Å². The summed E-state index contributed by atoms with van der Waals surface area (Å²) in [6.45, 7) is 4.89. The van der Waals surface area contributed by atoms with E-state index in [1.165, 1.54) is 0 Å². The smallest absolute Gasteiger partial charge is 0.125 e. The predicted molar refractivity (Wildman–Crippen MR) is 81.6 cm³/mol. The van der Waals surface area contributed by atoms with Gasteiger partial charge in [0.25, 0.3) is 0 Å². The number of benzene rings is 1. The van der Waals surface area contributed by atoms with E-state index in [1.807, 2.05) is 44.2 Å². The molecule has 0 amide bonds. The van der Waals surface area contributed by atoms with Crippen LogP contribution in [0.2, 0.25) is 0 Å². The highest BCUT2D eigenvalue weighted by Gasteiger charge is 2.18. The Balaban J connectivity index is 2.27. The Bertz CT molecular complexity index is 598. The van der Waals surface area contributed by atoms with Crippen molar-refractivity contribution in [3.05, 3.63) is 58.9 Å². The van der Waals surface area contributed by atoms with Crippen LogP contribution in [0.15, 0.2) is 36.5 Å². The van der Waals surface area contributed by atoms with E-state index in [2.05, 4.69) is 4.98 Å². The quantitative estimate of drug-likeness (QED) is 0.830. The molecule has 0 fully saturated rings. The molecule has 0 aliphatic carbocycles. The fraction of sp³-hybridized carbons (Fsp3) is 0.353. The SMILES string of the molecule is COCCOc1ccccc1C(O)c1ncc(C)cc1C. The number of nitrogens with zero attached hydrogens (tertiary/aromatic N) is 1. The van der Waals surface area contributed by atoms with Gasteiger partial charge in [0, 0.05) is 18.9 Å². The molecule has 21 heavy (non-hydrogen) atoms. The number of aliphatic hydroxyl groups is 1. The topological polar surface area (TPSA) is 51.6 Å². The summed E-state index contributed by atoms with van der Waals surface area (Å²) in [5, 5.41) is 10.6. The number of methoxy groups -OCH3 is 1. The molecular formula is C17H21NO3. The average Bonchev–Trinajstić information content (AvgIpc) is 2.47. The molecule has 0 aliphatic heterocycles. The minimum absolute atomic E-state index is 0.445. The van der Waals surface area contributed by atoms with E-state index in [-0.39, 0.29) is 0 Å². The Hall–Kier alpha value is -1.91. The lowest BCUT2D eigenvalue weighted by molar-refractivity contribution is 0.142. The summed E-state index contributed by atoms with van der Waals surface area (Å²) in [5.41, 5.74) is 3.42. The van der Waals surface area contributed by atoms with Crippen molar-refractivity contribution < 1.29 is 14.6 Å². The fourth-order valence-electron chi connectivity index (χ4n) is 2.23. The fourth-order valence-corrected chi connectivity index (χ4v) is 2.23. The standard InChI is InChI=1S/C17H21NO3/c1-12-10-13(2)16(18-11-12)17(19)14-6-4-5-7-15(14)21-9-8-20-3/h4-7,10-11,17,19H,8-9H2,1-3H3. The number of aromatic nitrogens is 1. The number of pyridine rings is 1. The number of para-hydroxylation sites is 1. The van der Waals surface area contributed by atoms with Gasteiger partial charge < -0.3 is 14.6 Å². The zero-order valence-electron chi connectivity index (χ0n) is 12.7. The second-order valence-corrected chi connectivity index (χ2v) is 5.00. The third-order valence-corrected chi connectivity index (χ3v) is 3.27. The van der Waals surface area contributed by atoms with Crippen molar-refractivity contribution in [2.45, 2.75) is 20.0 Å². The lowest BCUT2D eigenvalue weighted by Crippen LogP contribution is -2.10. The summed E-state index contributed by atoms with van der Waals surface area (Å²) in [6.07, 6.45) is 0.962. The molecule has 0 saturated heterocycles. The van der Waals surface area contributed by atoms with Crippen molar-refractivity contribution in [3.63, 3.8) is 0 Å². The van der Waals surface area contributed by atoms with Crippen LogP contribution in [-0.2, 0) is 4.74 Å². The molecule has 1 unspecified atom stereocenters. The van der Waals surface area contributed by atoms with E-state index < -0.39 is 6.10 Å². The van der Waals surface area contributed by atoms with Crippen molar-refractivity contribution in [2.24, 2.45) is 0 Å². The molecule has 1 heterocycles. The van der Waals surface area contributed by atoms with Gasteiger partial charge in [-0.3, -0.25) is 4.98 Å². The van der Waals surface area contributed by atoms with Gasteiger partial charge in [-0.05, 0) is 31.0 Å².